The minimum Gasteiger partial charge on any atom is -0.308 e. The Kier molecular flexibility index (Phi) is 9.53. The largest absolute Gasteiger partial charge is 0.417 e. The number of hydrogen-bond acceptors (Lipinski definition) is 2. The summed E-state index contributed by atoms with van der Waals surface area (Å²) in [5.74, 6) is 0.000256. The van der Waals surface area contributed by atoms with Crippen molar-refractivity contribution in [3.8, 4) is 61.8 Å². The summed E-state index contributed by atoms with van der Waals surface area (Å²) in [6.45, 7) is 0. The molecule has 0 saturated carbocycles. The molecule has 7 aromatic carbocycles. The van der Waals surface area contributed by atoms with Crippen molar-refractivity contribution in [3.05, 3.63) is 187 Å². The number of rotatable bonds is 6. The number of hydrogen-bond donors (Lipinski definition) is 0. The Morgan fingerprint density at radius 1 is 0.361 bits per heavy atom. The predicted molar refractivity (Wildman–Crippen MR) is 219 cm³/mol. The van der Waals surface area contributed by atoms with Crippen LogP contribution in [0.3, 0.4) is 0 Å². The van der Waals surface area contributed by atoms with Gasteiger partial charge < -0.3 is 4.57 Å². The molecule has 0 bridgehead atoms. The highest BCUT2D eigenvalue weighted by atomic mass is 19.4. The second-order valence-corrected chi connectivity index (χ2v) is 14.3. The summed E-state index contributed by atoms with van der Waals surface area (Å²) in [6.07, 6.45) is -14.6. The predicted octanol–water partition coefficient (Wildman–Crippen LogP) is 15.0. The number of aromatic nitrogens is 3. The molecular weight excluding hydrogens is 802 g/mol. The molecule has 0 N–H and O–H groups in total. The number of nitrogens with zero attached hydrogens (tertiary/aromatic N) is 3. The van der Waals surface area contributed by atoms with Crippen molar-refractivity contribution in [2.45, 2.75) is 18.5 Å². The quantitative estimate of drug-likeness (QED) is 0.156. The summed E-state index contributed by atoms with van der Waals surface area (Å²) in [7, 11) is 0. The molecule has 3 nitrogen and oxygen atoms in total. The molecule has 0 amide bonds. The molecule has 0 spiro atoms. The molecule has 9 rings (SSSR count). The molecule has 0 saturated heterocycles. The average molecular weight is 830 g/mol. The lowest BCUT2D eigenvalue weighted by Gasteiger charge is -2.24. The monoisotopic (exact) mass is 829 g/mol. The molecule has 0 aliphatic carbocycles. The van der Waals surface area contributed by atoms with Crippen LogP contribution in [-0.2, 0) is 18.5 Å². The maximum atomic E-state index is 15.1. The van der Waals surface area contributed by atoms with Crippen molar-refractivity contribution in [2.24, 2.45) is 0 Å². The van der Waals surface area contributed by atoms with Crippen LogP contribution < -0.4 is 0 Å². The second-order valence-electron chi connectivity index (χ2n) is 14.3. The van der Waals surface area contributed by atoms with Crippen molar-refractivity contribution in [1.29, 1.82) is 0 Å². The molecule has 0 atom stereocenters. The van der Waals surface area contributed by atoms with Crippen LogP contribution in [0.5, 0.6) is 0 Å². The van der Waals surface area contributed by atoms with Crippen LogP contribution >= 0.6 is 0 Å². The van der Waals surface area contributed by atoms with Gasteiger partial charge in [-0.1, -0.05) is 115 Å². The number of alkyl halides is 9. The first-order chi connectivity index (χ1) is 29.2. The highest BCUT2D eigenvalue weighted by molar-refractivity contribution is 6.11. The van der Waals surface area contributed by atoms with Gasteiger partial charge in [0, 0.05) is 38.6 Å². The fourth-order valence-corrected chi connectivity index (χ4v) is 7.83. The number of para-hydroxylation sites is 1. The van der Waals surface area contributed by atoms with E-state index < -0.39 is 46.3 Å². The van der Waals surface area contributed by atoms with Gasteiger partial charge in [-0.05, 0) is 65.7 Å². The summed E-state index contributed by atoms with van der Waals surface area (Å²) in [4.78, 5) is 9.73. The van der Waals surface area contributed by atoms with E-state index in [-0.39, 0.29) is 44.6 Å². The fraction of sp³-hybridized carbons (Fsp3) is 0.0612. The zero-order valence-electron chi connectivity index (χ0n) is 31.4. The zero-order chi connectivity index (χ0) is 42.7. The molecular formula is C49H28F9N3. The number of benzene rings is 7. The van der Waals surface area contributed by atoms with E-state index in [1.807, 2.05) is 36.4 Å². The standard InChI is InChI=1S/C49H28F9N3/c50-47(51,52)32-23-24-44-36(27-32)35-19-9-12-22-43(35)61(44)45-37(33-17-7-10-20-39(33)48(53,54)55)25-31(26-38(45)34-18-8-11-21-40(34)49(56,57)58)46-59-41(29-13-3-1-4-14-29)28-42(60-46)30-15-5-2-6-16-30/h1-28H. The minimum atomic E-state index is -4.94. The Morgan fingerprint density at radius 3 is 1.33 bits per heavy atom. The highest BCUT2D eigenvalue weighted by Crippen LogP contribution is 2.49. The van der Waals surface area contributed by atoms with Crippen molar-refractivity contribution >= 4 is 21.8 Å². The maximum Gasteiger partial charge on any atom is 0.417 e. The molecule has 0 aliphatic rings. The van der Waals surface area contributed by atoms with Gasteiger partial charge in [0.25, 0.3) is 0 Å². The van der Waals surface area contributed by atoms with E-state index in [0.29, 0.717) is 27.9 Å². The van der Waals surface area contributed by atoms with Crippen LogP contribution in [0.15, 0.2) is 170 Å². The molecule has 0 radical (unpaired) electrons. The van der Waals surface area contributed by atoms with Crippen molar-refractivity contribution in [1.82, 2.24) is 14.5 Å². The van der Waals surface area contributed by atoms with Crippen LogP contribution in [0.4, 0.5) is 39.5 Å². The lowest BCUT2D eigenvalue weighted by atomic mass is 9.88. The third-order valence-corrected chi connectivity index (χ3v) is 10.5. The summed E-state index contributed by atoms with van der Waals surface area (Å²) < 4.78 is 135. The van der Waals surface area contributed by atoms with Gasteiger partial charge in [-0.3, -0.25) is 0 Å². The first kappa shape index (κ1) is 39.3. The van der Waals surface area contributed by atoms with Gasteiger partial charge in [-0.15, -0.1) is 0 Å². The van der Waals surface area contributed by atoms with Crippen molar-refractivity contribution in [2.75, 3.05) is 0 Å². The number of fused-ring (bicyclic) bond motifs is 3. The molecule has 9 aromatic rings. The summed E-state index contributed by atoms with van der Waals surface area (Å²) in [5, 5.41) is 0.384. The Labute approximate surface area is 342 Å². The molecule has 302 valence electrons. The number of halogens is 9. The maximum absolute atomic E-state index is 15.1. The molecule has 61 heavy (non-hydrogen) atoms. The first-order valence-electron chi connectivity index (χ1n) is 18.8. The Morgan fingerprint density at radius 2 is 0.820 bits per heavy atom. The normalized spacial score (nSPS) is 12.3. The third kappa shape index (κ3) is 7.28. The summed E-state index contributed by atoms with van der Waals surface area (Å²) in [5.41, 5.74) is -1.75. The van der Waals surface area contributed by atoms with Gasteiger partial charge in [0.2, 0.25) is 0 Å². The Hall–Kier alpha value is -7.21. The lowest BCUT2D eigenvalue weighted by molar-refractivity contribution is -0.138. The SMILES string of the molecule is FC(F)(F)c1ccc2c(c1)c1ccccc1n2-c1c(-c2ccccc2C(F)(F)F)cc(-c2nc(-c3ccccc3)cc(-c3ccccc3)n2)cc1-c1ccccc1C(F)(F)F. The topological polar surface area (TPSA) is 30.7 Å². The zero-order valence-corrected chi connectivity index (χ0v) is 31.4. The van der Waals surface area contributed by atoms with E-state index in [0.717, 1.165) is 24.3 Å². The van der Waals surface area contributed by atoms with Gasteiger partial charge in [0.05, 0.1) is 44.8 Å². The summed E-state index contributed by atoms with van der Waals surface area (Å²) >= 11 is 0. The average Bonchev–Trinajstić information content (AvgIpc) is 3.59. The van der Waals surface area contributed by atoms with Gasteiger partial charge in [0.1, 0.15) is 0 Å². The fourth-order valence-electron chi connectivity index (χ4n) is 7.83. The Balaban J connectivity index is 1.48. The van der Waals surface area contributed by atoms with Crippen molar-refractivity contribution < 1.29 is 39.5 Å². The molecule has 2 heterocycles. The molecule has 12 heteroatoms. The van der Waals surface area contributed by atoms with Crippen molar-refractivity contribution in [3.63, 3.8) is 0 Å². The van der Waals surface area contributed by atoms with Crippen LogP contribution in [0.25, 0.3) is 83.6 Å². The molecule has 0 fully saturated rings. The van der Waals surface area contributed by atoms with Crippen LogP contribution in [0.2, 0.25) is 0 Å². The third-order valence-electron chi connectivity index (χ3n) is 10.5. The molecule has 0 unspecified atom stereocenters. The molecule has 0 aliphatic heterocycles. The lowest BCUT2D eigenvalue weighted by Crippen LogP contribution is -2.11. The van der Waals surface area contributed by atoms with Gasteiger partial charge in [-0.2, -0.15) is 39.5 Å². The minimum absolute atomic E-state index is 0.000256. The van der Waals surface area contributed by atoms with Crippen LogP contribution in [0, 0.1) is 0 Å². The molecule has 2 aromatic heterocycles. The van der Waals surface area contributed by atoms with Crippen LogP contribution in [-0.4, -0.2) is 14.5 Å². The smallest absolute Gasteiger partial charge is 0.308 e. The van der Waals surface area contributed by atoms with Gasteiger partial charge >= 0.3 is 18.5 Å². The van der Waals surface area contributed by atoms with Crippen LogP contribution in [0.1, 0.15) is 16.7 Å². The van der Waals surface area contributed by atoms with E-state index in [1.54, 1.807) is 54.6 Å². The van der Waals surface area contributed by atoms with E-state index in [4.69, 9.17) is 9.97 Å². The summed E-state index contributed by atoms with van der Waals surface area (Å²) in [6, 6.07) is 41.3. The van der Waals surface area contributed by atoms with Gasteiger partial charge in [0.15, 0.2) is 5.82 Å². The van der Waals surface area contributed by atoms with E-state index in [1.165, 1.54) is 59.2 Å². The van der Waals surface area contributed by atoms with E-state index in [9.17, 15) is 13.2 Å². The highest BCUT2D eigenvalue weighted by Gasteiger charge is 2.38. The Bertz CT molecular complexity index is 2960. The first-order valence-corrected chi connectivity index (χ1v) is 18.8. The van der Waals surface area contributed by atoms with Gasteiger partial charge in [-0.25, -0.2) is 9.97 Å². The second kappa shape index (κ2) is 14.8. The van der Waals surface area contributed by atoms with E-state index in [2.05, 4.69) is 0 Å². The van der Waals surface area contributed by atoms with E-state index >= 15 is 26.3 Å².